The van der Waals surface area contributed by atoms with Crippen LogP contribution in [0.4, 0.5) is 0 Å². The van der Waals surface area contributed by atoms with Crippen molar-refractivity contribution in [2.75, 3.05) is 13.1 Å². The Balaban J connectivity index is 2.63. The van der Waals surface area contributed by atoms with Crippen LogP contribution in [0.3, 0.4) is 0 Å². The summed E-state index contributed by atoms with van der Waals surface area (Å²) in [6.07, 6.45) is 1.90. The van der Waals surface area contributed by atoms with Gasteiger partial charge in [0.1, 0.15) is 0 Å². The molecule has 0 aromatic rings. The molecule has 0 aromatic heterocycles. The second-order valence-corrected chi connectivity index (χ2v) is 4.50. The van der Waals surface area contributed by atoms with E-state index in [1.54, 1.807) is 0 Å². The first-order valence-electron chi connectivity index (χ1n) is 3.10. The Bertz CT molecular complexity index is 196. The summed E-state index contributed by atoms with van der Waals surface area (Å²) >= 11 is 5.12. The summed E-state index contributed by atoms with van der Waals surface area (Å²) < 4.78 is 23.3. The first-order valence-corrected chi connectivity index (χ1v) is 5.04. The molecule has 0 unspecified atom stereocenters. The fourth-order valence-corrected chi connectivity index (χ4v) is 2.22. The highest BCUT2D eigenvalue weighted by atomic mass is 35.5. The van der Waals surface area contributed by atoms with E-state index in [1.165, 1.54) is 4.31 Å². The molecule has 0 spiro atoms. The van der Waals surface area contributed by atoms with Gasteiger partial charge in [-0.1, -0.05) is 0 Å². The molecule has 1 rings (SSSR count). The molecule has 0 amide bonds. The molecule has 5 heteroatoms. The molecule has 1 fully saturated rings. The molecule has 0 aromatic carbocycles. The predicted molar refractivity (Wildman–Crippen MR) is 39.9 cm³/mol. The minimum atomic E-state index is -3.22. The molecule has 0 bridgehead atoms. The van der Waals surface area contributed by atoms with E-state index >= 15 is 0 Å². The van der Waals surface area contributed by atoms with E-state index in [1.807, 2.05) is 0 Å². The highest BCUT2D eigenvalue weighted by Gasteiger charge is 2.17. The van der Waals surface area contributed by atoms with Crippen LogP contribution in [0, 0.1) is 5.21 Å². The van der Waals surface area contributed by atoms with E-state index < -0.39 is 10.0 Å². The first kappa shape index (κ1) is 8.30. The van der Waals surface area contributed by atoms with E-state index in [-0.39, 0.29) is 0 Å². The Labute approximate surface area is 66.0 Å². The summed E-state index contributed by atoms with van der Waals surface area (Å²) in [7, 11) is -3.22. The van der Waals surface area contributed by atoms with Crippen molar-refractivity contribution < 1.29 is 8.42 Å². The van der Waals surface area contributed by atoms with Gasteiger partial charge in [-0.15, -0.1) is 5.21 Å². The first-order chi connectivity index (χ1) is 4.67. The van der Waals surface area contributed by atoms with Crippen molar-refractivity contribution in [1.29, 1.82) is 0 Å². The second-order valence-electron chi connectivity index (χ2n) is 2.24. The lowest BCUT2D eigenvalue weighted by Gasteiger charge is -2.18. The van der Waals surface area contributed by atoms with Crippen LogP contribution in [0.15, 0.2) is 0 Å². The molecular weight excluding hydrogens is 174 g/mol. The predicted octanol–water partition coefficient (Wildman–Crippen LogP) is 0.770. The van der Waals surface area contributed by atoms with Gasteiger partial charge in [0.05, 0.1) is 10.0 Å². The topological polar surface area (TPSA) is 37.4 Å². The van der Waals surface area contributed by atoms with E-state index in [4.69, 9.17) is 11.6 Å². The van der Waals surface area contributed by atoms with Crippen LogP contribution in [0.25, 0.3) is 0 Å². The van der Waals surface area contributed by atoms with Gasteiger partial charge in [-0.25, -0.2) is 12.7 Å². The number of hydrogen-bond donors (Lipinski definition) is 0. The largest absolute Gasteiger partial charge is 0.331 e. The minimum Gasteiger partial charge on any atom is -0.331 e. The summed E-state index contributed by atoms with van der Waals surface area (Å²) in [5.41, 5.74) is 0. The third-order valence-corrected chi connectivity index (χ3v) is 3.52. The summed E-state index contributed by atoms with van der Waals surface area (Å²) in [5.74, 6) is 0. The van der Waals surface area contributed by atoms with Gasteiger partial charge in [-0.2, -0.15) is 0 Å². The highest BCUT2D eigenvalue weighted by Crippen LogP contribution is 2.15. The van der Waals surface area contributed by atoms with Crippen molar-refractivity contribution in [1.82, 2.24) is 4.31 Å². The van der Waals surface area contributed by atoms with E-state index in [0.29, 0.717) is 13.1 Å². The lowest BCUT2D eigenvalue weighted by molar-refractivity contribution is 0.485. The second kappa shape index (κ2) is 3.07. The Hall–Kier alpha value is 0.200. The van der Waals surface area contributed by atoms with Crippen molar-refractivity contribution in [3.05, 3.63) is 5.21 Å². The lowest BCUT2D eigenvalue weighted by atomic mass is 10.4. The van der Waals surface area contributed by atoms with Gasteiger partial charge >= 0.3 is 0 Å². The van der Waals surface area contributed by atoms with Gasteiger partial charge in [0.15, 0.2) is 0 Å². The fraction of sp³-hybridized carbons (Fsp3) is 0.800. The third-order valence-electron chi connectivity index (χ3n) is 1.54. The summed E-state index contributed by atoms with van der Waals surface area (Å²) in [4.78, 5) is 0. The monoisotopic (exact) mass is 182 g/mol. The van der Waals surface area contributed by atoms with Crippen LogP contribution in [-0.2, 0) is 10.0 Å². The van der Waals surface area contributed by atoms with Crippen LogP contribution in [-0.4, -0.2) is 25.8 Å². The van der Waals surface area contributed by atoms with Gasteiger partial charge in [0.2, 0.25) is 0 Å². The standard InChI is InChI=1S/C5H9ClNO2S/c6-5-10(8,9)7-3-1-2-4-7/h5H,1-4H2/q-1. The Morgan fingerprint density at radius 1 is 1.30 bits per heavy atom. The Kier molecular flexibility index (Phi) is 2.55. The zero-order valence-corrected chi connectivity index (χ0v) is 7.03. The SMILES string of the molecule is O=S(=O)([CH-]Cl)N1CCCC1. The average Bonchev–Trinajstić information content (AvgIpc) is 2.38. The summed E-state index contributed by atoms with van der Waals surface area (Å²) in [5, 5.41) is 0.734. The van der Waals surface area contributed by atoms with Gasteiger partial charge in [0.25, 0.3) is 0 Å². The van der Waals surface area contributed by atoms with E-state index in [0.717, 1.165) is 18.1 Å². The number of halogens is 1. The summed E-state index contributed by atoms with van der Waals surface area (Å²) in [6, 6.07) is 0. The molecule has 10 heavy (non-hydrogen) atoms. The maximum Gasteiger partial charge on any atom is 0.0981 e. The molecule has 0 aliphatic carbocycles. The zero-order valence-electron chi connectivity index (χ0n) is 5.46. The van der Waals surface area contributed by atoms with Crippen molar-refractivity contribution >= 4 is 21.6 Å². The molecule has 0 atom stereocenters. The molecule has 0 radical (unpaired) electrons. The van der Waals surface area contributed by atoms with Crippen LogP contribution in [0.1, 0.15) is 12.8 Å². The molecule has 1 saturated heterocycles. The molecular formula is C5H9ClNO2S-. The third kappa shape index (κ3) is 1.62. The van der Waals surface area contributed by atoms with Gasteiger partial charge < -0.3 is 11.6 Å². The van der Waals surface area contributed by atoms with Crippen molar-refractivity contribution in [2.45, 2.75) is 12.8 Å². The highest BCUT2D eigenvalue weighted by molar-refractivity contribution is 7.92. The molecule has 60 valence electrons. The molecule has 0 N–H and O–H groups in total. The number of nitrogens with zero attached hydrogens (tertiary/aromatic N) is 1. The van der Waals surface area contributed by atoms with Crippen LogP contribution in [0.2, 0.25) is 0 Å². The fourth-order valence-electron chi connectivity index (χ4n) is 0.999. The number of rotatable bonds is 2. The molecule has 0 saturated carbocycles. The van der Waals surface area contributed by atoms with E-state index in [9.17, 15) is 8.42 Å². The molecule has 1 aliphatic heterocycles. The zero-order chi connectivity index (χ0) is 7.61. The molecule has 1 heterocycles. The van der Waals surface area contributed by atoms with Gasteiger partial charge in [-0.3, -0.25) is 0 Å². The van der Waals surface area contributed by atoms with Gasteiger partial charge in [-0.05, 0) is 12.8 Å². The lowest BCUT2D eigenvalue weighted by Crippen LogP contribution is -2.26. The van der Waals surface area contributed by atoms with Crippen LogP contribution < -0.4 is 0 Å². The van der Waals surface area contributed by atoms with Crippen LogP contribution in [0.5, 0.6) is 0 Å². The number of hydrogen-bond acceptors (Lipinski definition) is 2. The molecule has 1 aliphatic rings. The Morgan fingerprint density at radius 3 is 2.20 bits per heavy atom. The quantitative estimate of drug-likeness (QED) is 0.592. The average molecular weight is 183 g/mol. The van der Waals surface area contributed by atoms with Crippen molar-refractivity contribution in [3.8, 4) is 0 Å². The van der Waals surface area contributed by atoms with Crippen LogP contribution >= 0.6 is 11.6 Å². The Morgan fingerprint density at radius 2 is 1.80 bits per heavy atom. The van der Waals surface area contributed by atoms with Gasteiger partial charge in [0, 0.05) is 13.1 Å². The molecule has 3 nitrogen and oxygen atoms in total. The van der Waals surface area contributed by atoms with Crippen molar-refractivity contribution in [2.24, 2.45) is 0 Å². The normalized spacial score (nSPS) is 21.7. The summed E-state index contributed by atoms with van der Waals surface area (Å²) in [6.45, 7) is 1.23. The maximum atomic E-state index is 10.9. The maximum absolute atomic E-state index is 10.9. The minimum absolute atomic E-state index is 0.617. The van der Waals surface area contributed by atoms with Crippen molar-refractivity contribution in [3.63, 3.8) is 0 Å². The smallest absolute Gasteiger partial charge is 0.0981 e. The number of sulfonamides is 1. The van der Waals surface area contributed by atoms with E-state index in [2.05, 4.69) is 0 Å².